The number of aliphatic hydroxyl groups excluding tert-OH is 1. The minimum absolute atomic E-state index is 0.0697. The van der Waals surface area contributed by atoms with Crippen LogP contribution in [0.5, 0.6) is 0 Å². The summed E-state index contributed by atoms with van der Waals surface area (Å²) in [6.07, 6.45) is -2.96. The zero-order valence-electron chi connectivity index (χ0n) is 11.7. The van der Waals surface area contributed by atoms with Gasteiger partial charge in [0, 0.05) is 24.8 Å². The molecule has 114 valence electrons. The quantitative estimate of drug-likeness (QED) is 0.934. The Kier molecular flexibility index (Phi) is 4.27. The number of alkyl halides is 3. The van der Waals surface area contributed by atoms with Crippen molar-refractivity contribution < 1.29 is 22.7 Å². The summed E-state index contributed by atoms with van der Waals surface area (Å²) in [5, 5.41) is 9.01. The standard InChI is InChI=1S/C15H16F3NO2/c1-10-12(5-6-21-10)8-19(2)14-4-3-11(9-20)7-13(14)15(16,17)18/h3-7,20H,8-9H2,1-2H3. The minimum Gasteiger partial charge on any atom is -0.469 e. The van der Waals surface area contributed by atoms with Gasteiger partial charge in [-0.15, -0.1) is 0 Å². The Hall–Kier alpha value is -1.95. The van der Waals surface area contributed by atoms with Gasteiger partial charge in [-0.05, 0) is 30.7 Å². The molecule has 1 N–H and O–H groups in total. The predicted molar refractivity (Wildman–Crippen MR) is 72.9 cm³/mol. The lowest BCUT2D eigenvalue weighted by molar-refractivity contribution is -0.137. The Morgan fingerprint density at radius 1 is 1.24 bits per heavy atom. The fourth-order valence-corrected chi connectivity index (χ4v) is 2.16. The molecule has 1 aromatic carbocycles. The second-order valence-electron chi connectivity index (χ2n) is 4.87. The minimum atomic E-state index is -4.47. The second-order valence-corrected chi connectivity index (χ2v) is 4.87. The average Bonchev–Trinajstić information content (AvgIpc) is 2.82. The molecule has 0 radical (unpaired) electrons. The maximum absolute atomic E-state index is 13.2. The second kappa shape index (κ2) is 5.81. The van der Waals surface area contributed by atoms with E-state index in [1.165, 1.54) is 23.3 Å². The third-order valence-corrected chi connectivity index (χ3v) is 3.33. The van der Waals surface area contributed by atoms with Crippen molar-refractivity contribution in [3.05, 3.63) is 53.0 Å². The van der Waals surface area contributed by atoms with Crippen molar-refractivity contribution in [1.29, 1.82) is 0 Å². The number of hydrogen-bond acceptors (Lipinski definition) is 3. The van der Waals surface area contributed by atoms with E-state index in [-0.39, 0.29) is 11.3 Å². The van der Waals surface area contributed by atoms with Crippen LogP contribution in [0, 0.1) is 6.92 Å². The van der Waals surface area contributed by atoms with E-state index in [0.717, 1.165) is 11.6 Å². The lowest BCUT2D eigenvalue weighted by Crippen LogP contribution is -2.21. The third-order valence-electron chi connectivity index (χ3n) is 3.33. The summed E-state index contributed by atoms with van der Waals surface area (Å²) in [5.74, 6) is 0.683. The van der Waals surface area contributed by atoms with Gasteiger partial charge in [-0.25, -0.2) is 0 Å². The fraction of sp³-hybridized carbons (Fsp3) is 0.333. The summed E-state index contributed by atoms with van der Waals surface area (Å²) in [7, 11) is 1.59. The average molecular weight is 299 g/mol. The van der Waals surface area contributed by atoms with Crippen molar-refractivity contribution in [3.8, 4) is 0 Å². The van der Waals surface area contributed by atoms with E-state index in [0.29, 0.717) is 12.3 Å². The highest BCUT2D eigenvalue weighted by Crippen LogP contribution is 2.37. The van der Waals surface area contributed by atoms with Gasteiger partial charge >= 0.3 is 6.18 Å². The van der Waals surface area contributed by atoms with E-state index in [2.05, 4.69) is 0 Å². The van der Waals surface area contributed by atoms with Crippen LogP contribution in [-0.2, 0) is 19.3 Å². The molecular weight excluding hydrogens is 283 g/mol. The van der Waals surface area contributed by atoms with Gasteiger partial charge in [-0.2, -0.15) is 13.2 Å². The summed E-state index contributed by atoms with van der Waals surface area (Å²) in [4.78, 5) is 1.52. The van der Waals surface area contributed by atoms with Crippen molar-refractivity contribution in [1.82, 2.24) is 0 Å². The van der Waals surface area contributed by atoms with E-state index < -0.39 is 18.3 Å². The van der Waals surface area contributed by atoms with Crippen LogP contribution in [0.3, 0.4) is 0 Å². The lowest BCUT2D eigenvalue weighted by atomic mass is 10.1. The maximum Gasteiger partial charge on any atom is 0.418 e. The normalized spacial score (nSPS) is 11.7. The maximum atomic E-state index is 13.2. The molecule has 6 heteroatoms. The van der Waals surface area contributed by atoms with Gasteiger partial charge in [0.25, 0.3) is 0 Å². The van der Waals surface area contributed by atoms with Crippen LogP contribution < -0.4 is 4.90 Å². The third kappa shape index (κ3) is 3.39. The van der Waals surface area contributed by atoms with Gasteiger partial charge in [0.2, 0.25) is 0 Å². The molecule has 2 rings (SSSR count). The van der Waals surface area contributed by atoms with Gasteiger partial charge in [0.15, 0.2) is 0 Å². The molecule has 0 aliphatic heterocycles. The molecule has 0 aliphatic carbocycles. The number of anilines is 1. The first-order valence-corrected chi connectivity index (χ1v) is 6.38. The largest absolute Gasteiger partial charge is 0.469 e. The lowest BCUT2D eigenvalue weighted by Gasteiger charge is -2.24. The smallest absolute Gasteiger partial charge is 0.418 e. The van der Waals surface area contributed by atoms with Crippen LogP contribution in [0.15, 0.2) is 34.9 Å². The molecule has 1 aromatic heterocycles. The Balaban J connectivity index is 2.36. The Labute approximate surface area is 120 Å². The van der Waals surface area contributed by atoms with E-state index >= 15 is 0 Å². The van der Waals surface area contributed by atoms with Gasteiger partial charge in [0.05, 0.1) is 18.4 Å². The van der Waals surface area contributed by atoms with Gasteiger partial charge in [-0.1, -0.05) is 6.07 Å². The monoisotopic (exact) mass is 299 g/mol. The number of benzene rings is 1. The van der Waals surface area contributed by atoms with Crippen LogP contribution in [0.25, 0.3) is 0 Å². The molecule has 21 heavy (non-hydrogen) atoms. The molecule has 3 nitrogen and oxygen atoms in total. The van der Waals surface area contributed by atoms with Crippen molar-refractivity contribution in [2.45, 2.75) is 26.3 Å². The molecule has 0 saturated heterocycles. The van der Waals surface area contributed by atoms with E-state index in [1.54, 1.807) is 20.0 Å². The van der Waals surface area contributed by atoms with E-state index in [9.17, 15) is 13.2 Å². The van der Waals surface area contributed by atoms with Crippen LogP contribution >= 0.6 is 0 Å². The highest BCUT2D eigenvalue weighted by Gasteiger charge is 2.34. The number of furan rings is 1. The van der Waals surface area contributed by atoms with Gasteiger partial charge in [-0.3, -0.25) is 0 Å². The number of aliphatic hydroxyl groups is 1. The number of halogens is 3. The number of hydrogen-bond donors (Lipinski definition) is 1. The summed E-state index contributed by atoms with van der Waals surface area (Å²) in [5.41, 5.74) is 0.383. The van der Waals surface area contributed by atoms with E-state index in [4.69, 9.17) is 9.52 Å². The molecular formula is C15H16F3NO2. The van der Waals surface area contributed by atoms with Gasteiger partial charge < -0.3 is 14.4 Å². The Morgan fingerprint density at radius 2 is 1.95 bits per heavy atom. The summed E-state index contributed by atoms with van der Waals surface area (Å²) >= 11 is 0. The SMILES string of the molecule is Cc1occc1CN(C)c1ccc(CO)cc1C(F)(F)F. The van der Waals surface area contributed by atoms with Crippen molar-refractivity contribution >= 4 is 5.69 Å². The Morgan fingerprint density at radius 3 is 2.48 bits per heavy atom. The molecule has 0 amide bonds. The first-order chi connectivity index (χ1) is 9.82. The summed E-state index contributed by atoms with van der Waals surface area (Å²) < 4.78 is 44.6. The van der Waals surface area contributed by atoms with Crippen molar-refractivity contribution in [2.24, 2.45) is 0 Å². The first kappa shape index (κ1) is 15.4. The molecule has 0 spiro atoms. The molecule has 0 bridgehead atoms. The molecule has 0 atom stereocenters. The highest BCUT2D eigenvalue weighted by molar-refractivity contribution is 5.56. The number of rotatable bonds is 4. The Bertz CT molecular complexity index is 620. The highest BCUT2D eigenvalue weighted by atomic mass is 19.4. The number of nitrogens with zero attached hydrogens (tertiary/aromatic N) is 1. The van der Waals surface area contributed by atoms with Crippen molar-refractivity contribution in [2.75, 3.05) is 11.9 Å². The summed E-state index contributed by atoms with van der Waals surface area (Å²) in [6, 6.07) is 5.59. The zero-order valence-corrected chi connectivity index (χ0v) is 11.7. The number of aryl methyl sites for hydroxylation is 1. The molecule has 0 unspecified atom stereocenters. The summed E-state index contributed by atoms with van der Waals surface area (Å²) in [6.45, 7) is 1.65. The first-order valence-electron chi connectivity index (χ1n) is 6.38. The molecule has 1 heterocycles. The van der Waals surface area contributed by atoms with E-state index in [1.807, 2.05) is 0 Å². The zero-order chi connectivity index (χ0) is 15.6. The molecule has 0 fully saturated rings. The van der Waals surface area contributed by atoms with Crippen LogP contribution in [0.2, 0.25) is 0 Å². The molecule has 0 aliphatic rings. The molecule has 2 aromatic rings. The van der Waals surface area contributed by atoms with Crippen molar-refractivity contribution in [3.63, 3.8) is 0 Å². The van der Waals surface area contributed by atoms with Gasteiger partial charge in [0.1, 0.15) is 5.76 Å². The molecule has 0 saturated carbocycles. The van der Waals surface area contributed by atoms with Crippen LogP contribution in [-0.4, -0.2) is 12.2 Å². The topological polar surface area (TPSA) is 36.6 Å². The van der Waals surface area contributed by atoms with Crippen LogP contribution in [0.1, 0.15) is 22.5 Å². The fourth-order valence-electron chi connectivity index (χ4n) is 2.16. The van der Waals surface area contributed by atoms with Crippen LogP contribution in [0.4, 0.5) is 18.9 Å². The predicted octanol–water partition coefficient (Wildman–Crippen LogP) is 3.74.